The fraction of sp³-hybridized carbons (Fsp3) is 0.652. The zero-order valence-electron chi connectivity index (χ0n) is 18.3. The molecule has 4 N–H and O–H groups in total. The number of aromatic hydroxyl groups is 1. The Morgan fingerprint density at radius 2 is 2.12 bits per heavy atom. The number of methoxy groups -OCH3 is 1. The molecule has 2 aliphatic carbocycles. The molecule has 1 aromatic rings. The lowest BCUT2D eigenvalue weighted by Crippen LogP contribution is -2.78. The van der Waals surface area contributed by atoms with Gasteiger partial charge in [-0.15, -0.1) is 0 Å². The number of hydrogen-bond donors (Lipinski definition) is 4. The van der Waals surface area contributed by atoms with Gasteiger partial charge in [0.2, 0.25) is 0 Å². The van der Waals surface area contributed by atoms with E-state index in [1.165, 1.54) is 0 Å². The molecule has 0 amide bonds. The number of phenols is 1. The molecule has 2 bridgehead atoms. The van der Waals surface area contributed by atoms with Crippen molar-refractivity contribution in [1.82, 2.24) is 10.2 Å². The number of rotatable bonds is 7. The monoisotopic (exact) mass is 446 g/mol. The number of phenolic OH excluding ortho intramolecular Hbond substituents is 1. The number of likely N-dealkylation sites (N-methyl/N-ethyl adjacent to an activating group) is 1. The van der Waals surface area contributed by atoms with E-state index in [4.69, 9.17) is 14.6 Å². The number of hydrogen-bond acceptors (Lipinski definition) is 7. The molecule has 0 aromatic heterocycles. The molecule has 1 saturated carbocycles. The van der Waals surface area contributed by atoms with E-state index < -0.39 is 35.1 Å². The number of ether oxygens (including phenoxy) is 2. The molecule has 6 atom stereocenters. The molecular formula is C23H30N2O7. The molecule has 174 valence electrons. The summed E-state index contributed by atoms with van der Waals surface area (Å²) in [6, 6.07) is 2.49. The van der Waals surface area contributed by atoms with Crippen molar-refractivity contribution in [2.24, 2.45) is 0 Å². The van der Waals surface area contributed by atoms with E-state index in [-0.39, 0.29) is 30.7 Å². The highest BCUT2D eigenvalue weighted by Gasteiger charge is 2.73. The zero-order valence-corrected chi connectivity index (χ0v) is 18.3. The van der Waals surface area contributed by atoms with E-state index in [0.29, 0.717) is 12.2 Å². The summed E-state index contributed by atoms with van der Waals surface area (Å²) in [6.45, 7) is 0.846. The van der Waals surface area contributed by atoms with Gasteiger partial charge in [0.1, 0.15) is 12.1 Å². The molecule has 1 saturated heterocycles. The Morgan fingerprint density at radius 3 is 2.81 bits per heavy atom. The number of likely N-dealkylation sites (tertiary alicyclic amines) is 1. The SMILES string of the molecule is CO[C@@]12CC[C@@H](N[C@@H](CCC(=O)O)C(=O)O)[C@@H]3Oc4c(O)ccc5c4C31CCN(C)C2C5. The van der Waals surface area contributed by atoms with E-state index in [9.17, 15) is 19.8 Å². The molecule has 9 heteroatoms. The molecule has 2 fully saturated rings. The standard InChI is InChI=1S/C23H30N2O7/c1-25-10-9-22-18-12-3-5-15(26)19(18)32-20(22)13(7-8-23(22,31-2)16(25)11-12)24-14(21(29)30)4-6-17(27)28/h3,5,13-14,16,20,24,26H,4,6-11H2,1-2H3,(H,27,28)(H,29,30)/t13-,14+,16?,20+,22?,23-/m1/s1. The molecular weight excluding hydrogens is 416 g/mol. The molecule has 1 aromatic carbocycles. The number of carboxylic acids is 2. The van der Waals surface area contributed by atoms with Crippen LogP contribution in [0.25, 0.3) is 0 Å². The van der Waals surface area contributed by atoms with Gasteiger partial charge in [0.25, 0.3) is 0 Å². The summed E-state index contributed by atoms with van der Waals surface area (Å²) >= 11 is 0. The Balaban J connectivity index is 1.59. The van der Waals surface area contributed by atoms with Gasteiger partial charge in [-0.1, -0.05) is 6.07 Å². The van der Waals surface area contributed by atoms with Gasteiger partial charge in [0, 0.05) is 31.2 Å². The summed E-state index contributed by atoms with van der Waals surface area (Å²) in [4.78, 5) is 25.3. The van der Waals surface area contributed by atoms with Crippen LogP contribution in [0, 0.1) is 0 Å². The van der Waals surface area contributed by atoms with Crippen molar-refractivity contribution in [3.8, 4) is 11.5 Å². The van der Waals surface area contributed by atoms with Gasteiger partial charge in [0.05, 0.1) is 11.0 Å². The Morgan fingerprint density at radius 1 is 1.34 bits per heavy atom. The normalized spacial score (nSPS) is 35.6. The van der Waals surface area contributed by atoms with Gasteiger partial charge < -0.3 is 29.7 Å². The molecule has 32 heavy (non-hydrogen) atoms. The molecule has 2 unspecified atom stereocenters. The van der Waals surface area contributed by atoms with Crippen LogP contribution >= 0.6 is 0 Å². The second-order valence-corrected chi connectivity index (χ2v) is 9.64. The minimum atomic E-state index is -1.07. The fourth-order valence-electron chi connectivity index (χ4n) is 7.11. The van der Waals surface area contributed by atoms with Gasteiger partial charge in [-0.25, -0.2) is 0 Å². The maximum Gasteiger partial charge on any atom is 0.320 e. The van der Waals surface area contributed by atoms with Gasteiger partial charge in [-0.3, -0.25) is 14.9 Å². The van der Waals surface area contributed by atoms with Crippen molar-refractivity contribution >= 4 is 11.9 Å². The third-order valence-corrected chi connectivity index (χ3v) is 8.41. The highest BCUT2D eigenvalue weighted by molar-refractivity contribution is 5.75. The van der Waals surface area contributed by atoms with Crippen molar-refractivity contribution in [2.75, 3.05) is 20.7 Å². The predicted molar refractivity (Wildman–Crippen MR) is 113 cm³/mol. The third kappa shape index (κ3) is 2.67. The van der Waals surface area contributed by atoms with Crippen molar-refractivity contribution in [3.05, 3.63) is 23.3 Å². The van der Waals surface area contributed by atoms with Crippen LogP contribution < -0.4 is 10.1 Å². The highest BCUT2D eigenvalue weighted by atomic mass is 16.5. The van der Waals surface area contributed by atoms with Crippen molar-refractivity contribution in [2.45, 2.75) is 73.8 Å². The third-order valence-electron chi connectivity index (χ3n) is 8.41. The summed E-state index contributed by atoms with van der Waals surface area (Å²) in [5, 5.41) is 32.6. The Labute approximate surface area is 186 Å². The maximum atomic E-state index is 11.9. The Hall–Kier alpha value is -2.36. The largest absolute Gasteiger partial charge is 0.504 e. The summed E-state index contributed by atoms with van der Waals surface area (Å²) < 4.78 is 12.8. The summed E-state index contributed by atoms with van der Waals surface area (Å²) in [5.41, 5.74) is 1.14. The van der Waals surface area contributed by atoms with E-state index in [0.717, 1.165) is 36.9 Å². The van der Waals surface area contributed by atoms with Crippen LogP contribution in [0.4, 0.5) is 0 Å². The van der Waals surface area contributed by atoms with E-state index in [2.05, 4.69) is 17.3 Å². The van der Waals surface area contributed by atoms with Crippen LogP contribution in [0.5, 0.6) is 11.5 Å². The molecule has 4 aliphatic rings. The van der Waals surface area contributed by atoms with Crippen LogP contribution in [0.2, 0.25) is 0 Å². The molecule has 0 radical (unpaired) electrons. The fourth-order valence-corrected chi connectivity index (χ4v) is 7.11. The topological polar surface area (TPSA) is 129 Å². The van der Waals surface area contributed by atoms with E-state index in [1.807, 2.05) is 6.07 Å². The quantitative estimate of drug-likeness (QED) is 0.487. The van der Waals surface area contributed by atoms with Crippen LogP contribution in [-0.4, -0.2) is 82.7 Å². The first-order valence-corrected chi connectivity index (χ1v) is 11.2. The van der Waals surface area contributed by atoms with Gasteiger partial charge in [-0.05, 0) is 57.3 Å². The van der Waals surface area contributed by atoms with Crippen molar-refractivity contribution in [3.63, 3.8) is 0 Å². The molecule has 2 aliphatic heterocycles. The number of aliphatic carboxylic acids is 2. The first kappa shape index (κ1) is 21.5. The molecule has 5 rings (SSSR count). The predicted octanol–water partition coefficient (Wildman–Crippen LogP) is 1.11. The van der Waals surface area contributed by atoms with Crippen LogP contribution in [0.1, 0.15) is 43.2 Å². The lowest BCUT2D eigenvalue weighted by atomic mass is 9.48. The second kappa shape index (κ2) is 7.33. The number of carbonyl (C=O) groups is 2. The molecule has 1 spiro atoms. The average molecular weight is 447 g/mol. The average Bonchev–Trinajstić information content (AvgIpc) is 3.11. The lowest BCUT2D eigenvalue weighted by Gasteiger charge is -2.65. The number of nitrogens with zero attached hydrogens (tertiary/aromatic N) is 1. The van der Waals surface area contributed by atoms with E-state index in [1.54, 1.807) is 13.2 Å². The van der Waals surface area contributed by atoms with Crippen molar-refractivity contribution in [1.29, 1.82) is 0 Å². The van der Waals surface area contributed by atoms with Crippen LogP contribution in [-0.2, 0) is 26.2 Å². The van der Waals surface area contributed by atoms with Gasteiger partial charge >= 0.3 is 11.9 Å². The van der Waals surface area contributed by atoms with Crippen molar-refractivity contribution < 1.29 is 34.4 Å². The minimum absolute atomic E-state index is 0.00881. The van der Waals surface area contributed by atoms with Crippen LogP contribution in [0.3, 0.4) is 0 Å². The number of nitrogens with one attached hydrogen (secondary N) is 1. The Bertz CT molecular complexity index is 968. The number of piperidine rings is 1. The first-order chi connectivity index (χ1) is 15.2. The molecule has 2 heterocycles. The zero-order chi connectivity index (χ0) is 22.8. The van der Waals surface area contributed by atoms with Crippen LogP contribution in [0.15, 0.2) is 12.1 Å². The summed E-state index contributed by atoms with van der Waals surface area (Å²) in [7, 11) is 3.86. The van der Waals surface area contributed by atoms with Gasteiger partial charge in [0.15, 0.2) is 11.5 Å². The van der Waals surface area contributed by atoms with E-state index >= 15 is 0 Å². The summed E-state index contributed by atoms with van der Waals surface area (Å²) in [5.74, 6) is -1.52. The number of carboxylic acid groups (broad SMARTS) is 2. The highest BCUT2D eigenvalue weighted by Crippen LogP contribution is 2.66. The first-order valence-electron chi connectivity index (χ1n) is 11.2. The number of benzene rings is 1. The minimum Gasteiger partial charge on any atom is -0.504 e. The van der Waals surface area contributed by atoms with Gasteiger partial charge in [-0.2, -0.15) is 0 Å². The molecule has 9 nitrogen and oxygen atoms in total. The second-order valence-electron chi connectivity index (χ2n) is 9.64. The maximum absolute atomic E-state index is 11.9. The Kier molecular flexibility index (Phi) is 4.92. The lowest BCUT2D eigenvalue weighted by molar-refractivity contribution is -0.204. The summed E-state index contributed by atoms with van der Waals surface area (Å²) in [6.07, 6.45) is 2.27. The smallest absolute Gasteiger partial charge is 0.320 e.